The zero-order valence-electron chi connectivity index (χ0n) is 15.3. The fourth-order valence-corrected chi connectivity index (χ4v) is 4.24. The minimum Gasteiger partial charge on any atom is -0.396 e. The number of rotatable bonds is 4. The highest BCUT2D eigenvalue weighted by atomic mass is 16.3. The van der Waals surface area contributed by atoms with Gasteiger partial charge in [0.2, 0.25) is 5.78 Å². The van der Waals surface area contributed by atoms with Crippen molar-refractivity contribution in [1.82, 2.24) is 23.1 Å². The van der Waals surface area contributed by atoms with E-state index in [2.05, 4.69) is 9.55 Å². The van der Waals surface area contributed by atoms with Crippen LogP contribution in [0.15, 0.2) is 15.8 Å². The monoisotopic (exact) mass is 359 g/mol. The molecule has 3 aromatic rings. The molecule has 0 radical (unpaired) electrons. The lowest BCUT2D eigenvalue weighted by Gasteiger charge is -2.24. The Morgan fingerprint density at radius 3 is 2.65 bits per heavy atom. The summed E-state index contributed by atoms with van der Waals surface area (Å²) >= 11 is 0. The van der Waals surface area contributed by atoms with Crippen molar-refractivity contribution in [3.63, 3.8) is 0 Å². The summed E-state index contributed by atoms with van der Waals surface area (Å²) in [6, 6.07) is 0.395. The quantitative estimate of drug-likeness (QED) is 0.762. The Bertz CT molecular complexity index is 1080. The molecule has 1 fully saturated rings. The number of hydrogen-bond donors (Lipinski definition) is 1. The van der Waals surface area contributed by atoms with Gasteiger partial charge in [-0.2, -0.15) is 4.98 Å². The van der Waals surface area contributed by atoms with Crippen LogP contribution < -0.4 is 11.2 Å². The first kappa shape index (κ1) is 17.1. The Kier molecular flexibility index (Phi) is 4.22. The molecule has 8 nitrogen and oxygen atoms in total. The van der Waals surface area contributed by atoms with Crippen LogP contribution in [0.4, 0.5) is 0 Å². The molecule has 0 bridgehead atoms. The van der Waals surface area contributed by atoms with Gasteiger partial charge in [0.1, 0.15) is 0 Å². The maximum atomic E-state index is 13.0. The third-order valence-electron chi connectivity index (χ3n) is 5.55. The van der Waals surface area contributed by atoms with Gasteiger partial charge < -0.3 is 9.67 Å². The van der Waals surface area contributed by atoms with Gasteiger partial charge in [0.15, 0.2) is 11.2 Å². The normalized spacial score (nSPS) is 16.1. The standard InChI is InChI=1S/C18H25N5O3/c1-12-11-22-14-15(19-17(22)23(12)13-7-4-3-5-8-13)20(2)18(26)21(16(14)25)9-6-10-24/h11,13,24H,3-10H2,1-2H3. The molecule has 0 spiro atoms. The molecule has 8 heteroatoms. The van der Waals surface area contributed by atoms with E-state index in [4.69, 9.17) is 5.11 Å². The molecular formula is C18H25N5O3. The van der Waals surface area contributed by atoms with Gasteiger partial charge in [-0.1, -0.05) is 19.3 Å². The van der Waals surface area contributed by atoms with E-state index in [1.807, 2.05) is 17.5 Å². The SMILES string of the molecule is Cc1cn2c3c(=O)n(CCCO)c(=O)n(C)c3nc2n1C1CCCCC1. The molecule has 0 unspecified atom stereocenters. The summed E-state index contributed by atoms with van der Waals surface area (Å²) in [5.74, 6) is 0.733. The Labute approximate surface area is 150 Å². The summed E-state index contributed by atoms with van der Waals surface area (Å²) in [6.07, 6.45) is 8.24. The number of aliphatic hydroxyl groups excluding tert-OH is 1. The van der Waals surface area contributed by atoms with Crippen LogP contribution in [0.2, 0.25) is 0 Å². The Balaban J connectivity index is 2.00. The van der Waals surface area contributed by atoms with Crippen LogP contribution in [-0.4, -0.2) is 34.8 Å². The number of aliphatic hydroxyl groups is 1. The van der Waals surface area contributed by atoms with E-state index in [1.54, 1.807) is 7.05 Å². The van der Waals surface area contributed by atoms with Crippen LogP contribution >= 0.6 is 0 Å². The van der Waals surface area contributed by atoms with Gasteiger partial charge in [-0.15, -0.1) is 0 Å². The smallest absolute Gasteiger partial charge is 0.332 e. The third-order valence-corrected chi connectivity index (χ3v) is 5.55. The van der Waals surface area contributed by atoms with Crippen molar-refractivity contribution in [3.8, 4) is 0 Å². The molecule has 0 aromatic carbocycles. The number of aromatic nitrogens is 5. The number of hydrogen-bond acceptors (Lipinski definition) is 4. The largest absolute Gasteiger partial charge is 0.396 e. The highest BCUT2D eigenvalue weighted by Gasteiger charge is 2.24. The fourth-order valence-electron chi connectivity index (χ4n) is 4.24. The molecule has 1 aliphatic carbocycles. The second-order valence-electron chi connectivity index (χ2n) is 7.26. The van der Waals surface area contributed by atoms with Gasteiger partial charge in [0.05, 0.1) is 0 Å². The van der Waals surface area contributed by atoms with Crippen LogP contribution in [-0.2, 0) is 13.6 Å². The first-order valence-electron chi connectivity index (χ1n) is 9.35. The van der Waals surface area contributed by atoms with Crippen LogP contribution in [0.3, 0.4) is 0 Å². The predicted octanol–water partition coefficient (Wildman–Crippen LogP) is 1.35. The van der Waals surface area contributed by atoms with E-state index < -0.39 is 5.69 Å². The highest BCUT2D eigenvalue weighted by molar-refractivity contribution is 5.75. The van der Waals surface area contributed by atoms with Gasteiger partial charge in [0.25, 0.3) is 5.56 Å². The molecule has 0 aliphatic heterocycles. The first-order valence-corrected chi connectivity index (χ1v) is 9.35. The van der Waals surface area contributed by atoms with Crippen molar-refractivity contribution >= 4 is 16.9 Å². The highest BCUT2D eigenvalue weighted by Crippen LogP contribution is 2.31. The van der Waals surface area contributed by atoms with E-state index in [0.717, 1.165) is 24.3 Å². The Hall–Kier alpha value is -2.35. The molecule has 0 amide bonds. The molecule has 3 aromatic heterocycles. The third kappa shape index (κ3) is 2.43. The second kappa shape index (κ2) is 6.42. The number of aryl methyl sites for hydroxylation is 2. The maximum absolute atomic E-state index is 13.0. The second-order valence-corrected chi connectivity index (χ2v) is 7.26. The van der Waals surface area contributed by atoms with Crippen molar-refractivity contribution in [2.75, 3.05) is 6.61 Å². The Morgan fingerprint density at radius 2 is 1.96 bits per heavy atom. The molecule has 0 atom stereocenters. The number of nitrogens with zero attached hydrogens (tertiary/aromatic N) is 5. The minimum absolute atomic E-state index is 0.0629. The number of imidazole rings is 2. The van der Waals surface area contributed by atoms with Gasteiger partial charge >= 0.3 is 5.69 Å². The van der Waals surface area contributed by atoms with E-state index in [1.165, 1.54) is 28.4 Å². The Morgan fingerprint density at radius 1 is 1.23 bits per heavy atom. The summed E-state index contributed by atoms with van der Waals surface area (Å²) in [5, 5.41) is 9.06. The average Bonchev–Trinajstić information content (AvgIpc) is 3.15. The maximum Gasteiger partial charge on any atom is 0.332 e. The molecule has 0 saturated heterocycles. The van der Waals surface area contributed by atoms with E-state index in [9.17, 15) is 9.59 Å². The molecule has 26 heavy (non-hydrogen) atoms. The average molecular weight is 359 g/mol. The van der Waals surface area contributed by atoms with E-state index in [0.29, 0.717) is 23.6 Å². The molecule has 4 rings (SSSR count). The zero-order chi connectivity index (χ0) is 18.4. The van der Waals surface area contributed by atoms with Crippen molar-refractivity contribution in [3.05, 3.63) is 32.7 Å². The summed E-state index contributed by atoms with van der Waals surface area (Å²) in [4.78, 5) is 30.2. The molecule has 140 valence electrons. The van der Waals surface area contributed by atoms with Crippen molar-refractivity contribution in [1.29, 1.82) is 0 Å². The lowest BCUT2D eigenvalue weighted by atomic mass is 9.95. The summed E-state index contributed by atoms with van der Waals surface area (Å²) < 4.78 is 6.68. The lowest BCUT2D eigenvalue weighted by molar-refractivity contribution is 0.277. The van der Waals surface area contributed by atoms with Gasteiger partial charge in [-0.25, -0.2) is 4.79 Å². The van der Waals surface area contributed by atoms with Gasteiger partial charge in [0, 0.05) is 38.1 Å². The van der Waals surface area contributed by atoms with Crippen LogP contribution in [0.1, 0.15) is 50.3 Å². The number of fused-ring (bicyclic) bond motifs is 3. The van der Waals surface area contributed by atoms with Gasteiger partial charge in [-0.05, 0) is 26.2 Å². The summed E-state index contributed by atoms with van der Waals surface area (Å²) in [6.45, 7) is 2.18. The lowest BCUT2D eigenvalue weighted by Crippen LogP contribution is -2.39. The van der Waals surface area contributed by atoms with Crippen molar-refractivity contribution in [2.45, 2.75) is 58.0 Å². The molecule has 1 N–H and O–H groups in total. The predicted molar refractivity (Wildman–Crippen MR) is 98.8 cm³/mol. The van der Waals surface area contributed by atoms with E-state index in [-0.39, 0.29) is 18.7 Å². The van der Waals surface area contributed by atoms with Crippen LogP contribution in [0, 0.1) is 6.92 Å². The van der Waals surface area contributed by atoms with Crippen LogP contribution in [0.5, 0.6) is 0 Å². The molecule has 1 aliphatic rings. The van der Waals surface area contributed by atoms with Crippen molar-refractivity contribution in [2.24, 2.45) is 7.05 Å². The molecule has 1 saturated carbocycles. The van der Waals surface area contributed by atoms with E-state index >= 15 is 0 Å². The first-order chi connectivity index (χ1) is 12.5. The topological polar surface area (TPSA) is 86.5 Å². The fraction of sp³-hybridized carbons (Fsp3) is 0.611. The zero-order valence-corrected chi connectivity index (χ0v) is 15.3. The minimum atomic E-state index is -0.391. The van der Waals surface area contributed by atoms with Crippen molar-refractivity contribution < 1.29 is 5.11 Å². The summed E-state index contributed by atoms with van der Waals surface area (Å²) in [5.41, 5.74) is 1.19. The molecule has 3 heterocycles. The van der Waals surface area contributed by atoms with Crippen LogP contribution in [0.25, 0.3) is 16.9 Å². The molecular weight excluding hydrogens is 334 g/mol. The summed E-state index contributed by atoms with van der Waals surface area (Å²) in [7, 11) is 1.64. The van der Waals surface area contributed by atoms with Gasteiger partial charge in [-0.3, -0.25) is 18.3 Å².